The van der Waals surface area contributed by atoms with Gasteiger partial charge in [-0.25, -0.2) is 9.18 Å². The molecule has 2 N–H and O–H groups in total. The molecule has 2 aromatic carbocycles. The summed E-state index contributed by atoms with van der Waals surface area (Å²) in [5, 5.41) is 12.9. The first-order chi connectivity index (χ1) is 15.6. The molecule has 2 aromatic rings. The molecule has 32 heavy (non-hydrogen) atoms. The van der Waals surface area contributed by atoms with Gasteiger partial charge >= 0.3 is 6.03 Å². The molecule has 6 heteroatoms. The third-order valence-corrected chi connectivity index (χ3v) is 7.39. The number of carbonyl (C=O) groups excluding carboxylic acids is 1. The fraction of sp³-hybridized carbons (Fsp3) is 0.423. The summed E-state index contributed by atoms with van der Waals surface area (Å²) in [4.78, 5) is 17.2. The average Bonchev–Trinajstić information content (AvgIpc) is 3.26. The van der Waals surface area contributed by atoms with Gasteiger partial charge in [0.2, 0.25) is 0 Å². The normalized spacial score (nSPS) is 24.6. The molecule has 3 atom stereocenters. The molecule has 1 fully saturated rings. The van der Waals surface area contributed by atoms with Crippen molar-refractivity contribution in [3.8, 4) is 0 Å². The number of anilines is 2. The number of nitrogens with zero attached hydrogens (tertiary/aromatic N) is 2. The van der Waals surface area contributed by atoms with Crippen LogP contribution in [0.3, 0.4) is 0 Å². The first-order valence-electron chi connectivity index (χ1n) is 11.6. The van der Waals surface area contributed by atoms with Gasteiger partial charge in [-0.15, -0.1) is 0 Å². The Balaban J connectivity index is 1.52. The van der Waals surface area contributed by atoms with E-state index in [1.165, 1.54) is 30.0 Å². The molecule has 168 valence electrons. The standard InChI is InChI=1S/C26H30FN3O2/c1-29-23-12-11-18(17-7-3-2-4-8-17)15-20(23)25-19(24(29)16-31)13-14-30(25)26(32)28-22-10-6-5-9-21(22)27/h5-7,9-12,15,19,24-25,31H,2-4,8,13-14,16H2,1H3,(H,28,32)/t19-,24+,25-/m1/s1. The number of amides is 2. The number of aliphatic hydroxyl groups excluding tert-OH is 1. The lowest BCUT2D eigenvalue weighted by Gasteiger charge is -2.44. The van der Waals surface area contributed by atoms with Crippen LogP contribution < -0.4 is 10.2 Å². The number of fused-ring (bicyclic) bond motifs is 3. The second kappa shape index (κ2) is 8.58. The number of hydrogen-bond acceptors (Lipinski definition) is 3. The van der Waals surface area contributed by atoms with E-state index < -0.39 is 5.82 Å². The smallest absolute Gasteiger partial charge is 0.322 e. The van der Waals surface area contributed by atoms with E-state index in [0.717, 1.165) is 30.5 Å². The number of allylic oxidation sites excluding steroid dienone is 2. The Kier molecular flexibility index (Phi) is 5.64. The number of likely N-dealkylation sites (tertiary alicyclic amines) is 1. The van der Waals surface area contributed by atoms with E-state index in [0.29, 0.717) is 6.54 Å². The van der Waals surface area contributed by atoms with Gasteiger partial charge in [-0.05, 0) is 73.1 Å². The minimum absolute atomic E-state index is 0.0345. The molecule has 1 aliphatic carbocycles. The summed E-state index contributed by atoms with van der Waals surface area (Å²) in [5.41, 5.74) is 4.96. The van der Waals surface area contributed by atoms with Gasteiger partial charge in [0.25, 0.3) is 0 Å². The zero-order chi connectivity index (χ0) is 22.2. The van der Waals surface area contributed by atoms with E-state index in [-0.39, 0.29) is 36.3 Å². The third kappa shape index (κ3) is 3.56. The maximum atomic E-state index is 14.2. The van der Waals surface area contributed by atoms with Crippen LogP contribution in [0.4, 0.5) is 20.6 Å². The van der Waals surface area contributed by atoms with E-state index in [2.05, 4.69) is 34.5 Å². The van der Waals surface area contributed by atoms with Gasteiger partial charge < -0.3 is 20.2 Å². The highest BCUT2D eigenvalue weighted by molar-refractivity contribution is 5.90. The quantitative estimate of drug-likeness (QED) is 0.698. The van der Waals surface area contributed by atoms with Gasteiger partial charge in [-0.3, -0.25) is 0 Å². The SMILES string of the molecule is CN1c2ccc(C3=CCCCC3)cc2[C@H]2[C@H](CCN2C(=O)Nc2ccccc2F)[C@@H]1CO. The maximum Gasteiger partial charge on any atom is 0.322 e. The van der Waals surface area contributed by atoms with Crippen molar-refractivity contribution in [1.82, 2.24) is 4.90 Å². The van der Waals surface area contributed by atoms with E-state index in [1.54, 1.807) is 18.2 Å². The number of benzene rings is 2. The summed E-state index contributed by atoms with van der Waals surface area (Å²) < 4.78 is 14.2. The molecule has 0 radical (unpaired) electrons. The fourth-order valence-electron chi connectivity index (χ4n) is 5.73. The summed E-state index contributed by atoms with van der Waals surface area (Å²) in [6.45, 7) is 0.610. The van der Waals surface area contributed by atoms with Crippen molar-refractivity contribution >= 4 is 23.0 Å². The van der Waals surface area contributed by atoms with Crippen LogP contribution in [0.15, 0.2) is 48.5 Å². The Hall–Kier alpha value is -2.86. The van der Waals surface area contributed by atoms with Gasteiger partial charge in [-0.2, -0.15) is 0 Å². The third-order valence-electron chi connectivity index (χ3n) is 7.39. The van der Waals surface area contributed by atoms with Crippen LogP contribution in [-0.2, 0) is 0 Å². The molecule has 1 saturated heterocycles. The minimum atomic E-state index is -0.444. The highest BCUT2D eigenvalue weighted by Gasteiger charge is 2.47. The molecule has 0 spiro atoms. The highest BCUT2D eigenvalue weighted by Crippen LogP contribution is 2.49. The molecular weight excluding hydrogens is 405 g/mol. The average molecular weight is 436 g/mol. The number of hydrogen-bond donors (Lipinski definition) is 2. The molecule has 0 bridgehead atoms. The fourth-order valence-corrected chi connectivity index (χ4v) is 5.73. The van der Waals surface area contributed by atoms with Crippen LogP contribution in [0.5, 0.6) is 0 Å². The van der Waals surface area contributed by atoms with Crippen molar-refractivity contribution < 1.29 is 14.3 Å². The number of halogens is 1. The number of carbonyl (C=O) groups is 1. The number of rotatable bonds is 3. The van der Waals surface area contributed by atoms with Gasteiger partial charge in [0.05, 0.1) is 24.4 Å². The van der Waals surface area contributed by atoms with Crippen LogP contribution in [0.2, 0.25) is 0 Å². The zero-order valence-corrected chi connectivity index (χ0v) is 18.4. The minimum Gasteiger partial charge on any atom is -0.394 e. The summed E-state index contributed by atoms with van der Waals surface area (Å²) in [6.07, 6.45) is 7.78. The lowest BCUT2D eigenvalue weighted by molar-refractivity contribution is 0.168. The van der Waals surface area contributed by atoms with Gasteiger partial charge in [0.1, 0.15) is 5.82 Å². The lowest BCUT2D eigenvalue weighted by atomic mass is 9.80. The second-order valence-electron chi connectivity index (χ2n) is 9.11. The summed E-state index contributed by atoms with van der Waals surface area (Å²) in [6, 6.07) is 12.3. The molecule has 3 aliphatic rings. The summed E-state index contributed by atoms with van der Waals surface area (Å²) in [7, 11) is 2.03. The molecule has 2 aliphatic heterocycles. The Bertz CT molecular complexity index is 1050. The first kappa shape index (κ1) is 21.0. The van der Waals surface area contributed by atoms with Crippen molar-refractivity contribution in [2.45, 2.75) is 44.2 Å². The number of para-hydroxylation sites is 1. The molecule has 5 nitrogen and oxygen atoms in total. The maximum absolute atomic E-state index is 14.2. The number of nitrogens with one attached hydrogen (secondary N) is 1. The second-order valence-corrected chi connectivity index (χ2v) is 9.11. The molecule has 0 aromatic heterocycles. The summed E-state index contributed by atoms with van der Waals surface area (Å²) >= 11 is 0. The molecule has 0 unspecified atom stereocenters. The largest absolute Gasteiger partial charge is 0.394 e. The van der Waals surface area contributed by atoms with Crippen LogP contribution in [-0.4, -0.2) is 42.3 Å². The molecule has 0 saturated carbocycles. The molecular formula is C26H30FN3O2. The van der Waals surface area contributed by atoms with Crippen molar-refractivity contribution in [3.05, 3.63) is 65.5 Å². The molecule has 2 heterocycles. The van der Waals surface area contributed by atoms with Gasteiger partial charge in [0, 0.05) is 25.2 Å². The van der Waals surface area contributed by atoms with Crippen LogP contribution in [0.1, 0.15) is 49.3 Å². The predicted octanol–water partition coefficient (Wildman–Crippen LogP) is 5.19. The zero-order valence-electron chi connectivity index (χ0n) is 18.4. The number of aliphatic hydroxyl groups is 1. The van der Waals surface area contributed by atoms with E-state index in [9.17, 15) is 14.3 Å². The summed E-state index contributed by atoms with van der Waals surface area (Å²) in [5.74, 6) is -0.320. The Morgan fingerprint density at radius 2 is 2.06 bits per heavy atom. The monoisotopic (exact) mass is 435 g/mol. The first-order valence-corrected chi connectivity index (χ1v) is 11.6. The number of urea groups is 1. The lowest BCUT2D eigenvalue weighted by Crippen LogP contribution is -2.48. The molecule has 2 amide bonds. The van der Waals surface area contributed by atoms with Crippen molar-refractivity contribution in [2.75, 3.05) is 30.4 Å². The predicted molar refractivity (Wildman–Crippen MR) is 125 cm³/mol. The van der Waals surface area contributed by atoms with E-state index in [1.807, 2.05) is 11.9 Å². The van der Waals surface area contributed by atoms with E-state index >= 15 is 0 Å². The highest BCUT2D eigenvalue weighted by atomic mass is 19.1. The van der Waals surface area contributed by atoms with E-state index in [4.69, 9.17) is 0 Å². The Morgan fingerprint density at radius 1 is 1.22 bits per heavy atom. The topological polar surface area (TPSA) is 55.8 Å². The number of likely N-dealkylation sites (N-methyl/N-ethyl adjacent to an activating group) is 1. The Morgan fingerprint density at radius 3 is 2.81 bits per heavy atom. The van der Waals surface area contributed by atoms with Crippen molar-refractivity contribution in [1.29, 1.82) is 0 Å². The molecule has 5 rings (SSSR count). The van der Waals surface area contributed by atoms with Crippen LogP contribution >= 0.6 is 0 Å². The Labute approximate surface area is 188 Å². The van der Waals surface area contributed by atoms with Gasteiger partial charge in [0.15, 0.2) is 0 Å². The van der Waals surface area contributed by atoms with Crippen molar-refractivity contribution in [3.63, 3.8) is 0 Å². The van der Waals surface area contributed by atoms with Crippen molar-refractivity contribution in [2.24, 2.45) is 5.92 Å². The van der Waals surface area contributed by atoms with Crippen LogP contribution in [0.25, 0.3) is 5.57 Å². The van der Waals surface area contributed by atoms with Gasteiger partial charge in [-0.1, -0.05) is 24.3 Å². The van der Waals surface area contributed by atoms with Crippen LogP contribution in [0, 0.1) is 11.7 Å².